The molecule has 3 aromatic rings. The quantitative estimate of drug-likeness (QED) is 0.609. The van der Waals surface area contributed by atoms with Crippen LogP contribution < -0.4 is 5.43 Å². The van der Waals surface area contributed by atoms with E-state index in [1.165, 1.54) is 12.1 Å². The number of likely N-dealkylation sites (tertiary alicyclic amines) is 1. The number of aliphatic hydroxyl groups excluding tert-OH is 1. The molecule has 2 atom stereocenters. The number of benzene rings is 2. The average molecular weight is 403 g/mol. The zero-order valence-corrected chi connectivity index (χ0v) is 15.9. The van der Waals surface area contributed by atoms with E-state index in [0.29, 0.717) is 19.5 Å². The Bertz CT molecular complexity index is 1140. The smallest absolute Gasteiger partial charge is 0.197 e. The van der Waals surface area contributed by atoms with Crippen LogP contribution in [0.3, 0.4) is 0 Å². The fourth-order valence-electron chi connectivity index (χ4n) is 3.83. The number of nitrogens with zero attached hydrogens (tertiary/aromatic N) is 1. The Morgan fingerprint density at radius 1 is 1.29 bits per heavy atom. The molecule has 0 spiro atoms. The maximum absolute atomic E-state index is 12.8. The van der Waals surface area contributed by atoms with Crippen LogP contribution in [-0.2, 0) is 0 Å². The lowest BCUT2D eigenvalue weighted by Crippen LogP contribution is -2.40. The molecule has 3 N–H and O–H groups in total. The number of phenolic OH excluding ortho intramolecular Hbond substituents is 2. The summed E-state index contributed by atoms with van der Waals surface area (Å²) < 4.78 is 14.1. The van der Waals surface area contributed by atoms with Crippen molar-refractivity contribution in [2.24, 2.45) is 0 Å². The highest BCUT2D eigenvalue weighted by atomic mass is 35.5. The zero-order valence-electron chi connectivity index (χ0n) is 16.1. The summed E-state index contributed by atoms with van der Waals surface area (Å²) in [4.78, 5) is 14.8. The Labute approximate surface area is 167 Å². The van der Waals surface area contributed by atoms with Crippen molar-refractivity contribution in [3.63, 3.8) is 0 Å². The van der Waals surface area contributed by atoms with E-state index in [2.05, 4.69) is 0 Å². The van der Waals surface area contributed by atoms with Crippen LogP contribution in [-0.4, -0.2) is 46.5 Å². The van der Waals surface area contributed by atoms with E-state index >= 15 is 0 Å². The maximum atomic E-state index is 12.8. The van der Waals surface area contributed by atoms with Crippen molar-refractivity contribution < 1.29 is 21.1 Å². The summed E-state index contributed by atoms with van der Waals surface area (Å²) in [6.45, 7) is 1.09. The molecule has 1 saturated heterocycles. The number of phenols is 2. The molecule has 0 saturated carbocycles. The summed E-state index contributed by atoms with van der Waals surface area (Å²) in [5, 5.41) is 31.6. The van der Waals surface area contributed by atoms with Crippen LogP contribution in [0, 0.1) is 0 Å². The van der Waals surface area contributed by atoms with E-state index in [0.717, 1.165) is 6.07 Å². The number of piperidine rings is 1. The van der Waals surface area contributed by atoms with Gasteiger partial charge < -0.3 is 24.6 Å². The van der Waals surface area contributed by atoms with E-state index in [4.69, 9.17) is 17.4 Å². The van der Waals surface area contributed by atoms with Gasteiger partial charge in [-0.3, -0.25) is 4.79 Å². The third-order valence-electron chi connectivity index (χ3n) is 5.21. The Kier molecular flexibility index (Phi) is 4.47. The molecule has 2 heterocycles. The van der Waals surface area contributed by atoms with Gasteiger partial charge in [-0.2, -0.15) is 0 Å². The van der Waals surface area contributed by atoms with Crippen LogP contribution in [0.1, 0.15) is 19.3 Å². The first-order valence-corrected chi connectivity index (χ1v) is 9.30. The van der Waals surface area contributed by atoms with Crippen molar-refractivity contribution in [3.8, 4) is 22.8 Å². The number of likely N-dealkylation sites (N-methyl/N-ethyl adjacent to an activating group) is 1. The molecule has 2 aromatic carbocycles. The molecule has 2 unspecified atom stereocenters. The molecule has 4 rings (SSSR count). The number of hydrogen-bond donors (Lipinski definition) is 3. The summed E-state index contributed by atoms with van der Waals surface area (Å²) in [5.41, 5.74) is -0.0125. The molecule has 0 radical (unpaired) electrons. The number of hydrogen-bond acceptors (Lipinski definition) is 6. The molecule has 7 heteroatoms. The topological polar surface area (TPSA) is 94.1 Å². The fourth-order valence-corrected chi connectivity index (χ4v) is 4.06. The number of β-amino-alcohol motifs (C(OH)–C–C–N with tert-alkyl or cyclic N) is 1. The fraction of sp³-hybridized carbons (Fsp3) is 0.286. The van der Waals surface area contributed by atoms with Crippen LogP contribution >= 0.6 is 11.6 Å². The summed E-state index contributed by atoms with van der Waals surface area (Å²) in [6.07, 6.45) is -0.247. The van der Waals surface area contributed by atoms with Gasteiger partial charge in [0.1, 0.15) is 28.2 Å². The van der Waals surface area contributed by atoms with Crippen molar-refractivity contribution in [3.05, 3.63) is 57.2 Å². The number of fused-ring (bicyclic) bond motifs is 1. The minimum Gasteiger partial charge on any atom is -0.507 e. The second kappa shape index (κ2) is 7.13. The second-order valence-electron chi connectivity index (χ2n) is 7.13. The summed E-state index contributed by atoms with van der Waals surface area (Å²) in [6, 6.07) is 7.07. The van der Waals surface area contributed by atoms with Crippen molar-refractivity contribution in [1.29, 1.82) is 0 Å². The molecule has 0 amide bonds. The van der Waals surface area contributed by atoms with Gasteiger partial charge in [-0.15, -0.1) is 0 Å². The molecule has 1 aliphatic heterocycles. The minimum atomic E-state index is -0.784. The standard InChI is InChI=1S/C21H20ClNO5/c1-23-7-6-12(17(27)10-23)19-14(24)8-15(25)20-16(26)9-18(28-21(19)20)11-4-2-3-5-13(11)22/h2-5,8-9,12,17,24-25,27H,6-7,10H2,1H3/i4D. The highest BCUT2D eigenvalue weighted by Crippen LogP contribution is 2.42. The Morgan fingerprint density at radius 2 is 2.07 bits per heavy atom. The van der Waals surface area contributed by atoms with Crippen LogP contribution in [0.15, 0.2) is 45.6 Å². The van der Waals surface area contributed by atoms with Crippen LogP contribution in [0.25, 0.3) is 22.3 Å². The zero-order chi connectivity index (χ0) is 20.9. The van der Waals surface area contributed by atoms with E-state index in [9.17, 15) is 20.1 Å². The van der Waals surface area contributed by atoms with Gasteiger partial charge in [0, 0.05) is 35.7 Å². The van der Waals surface area contributed by atoms with Crippen molar-refractivity contribution in [1.82, 2.24) is 4.90 Å². The van der Waals surface area contributed by atoms with Crippen LogP contribution in [0.4, 0.5) is 0 Å². The van der Waals surface area contributed by atoms with Gasteiger partial charge in [0.25, 0.3) is 0 Å². The van der Waals surface area contributed by atoms with Gasteiger partial charge in [0.2, 0.25) is 0 Å². The minimum absolute atomic E-state index is 0.00192. The summed E-state index contributed by atoms with van der Waals surface area (Å²) >= 11 is 6.23. The summed E-state index contributed by atoms with van der Waals surface area (Å²) in [5.74, 6) is -1.08. The predicted molar refractivity (Wildman–Crippen MR) is 107 cm³/mol. The molecular formula is C21H20ClNO5. The number of halogens is 1. The monoisotopic (exact) mass is 402 g/mol. The Balaban J connectivity index is 2.02. The predicted octanol–water partition coefficient (Wildman–Crippen LogP) is 3.30. The van der Waals surface area contributed by atoms with E-state index < -0.39 is 23.2 Å². The molecule has 0 aliphatic carbocycles. The lowest BCUT2D eigenvalue weighted by molar-refractivity contribution is 0.0630. The number of aliphatic hydroxyl groups is 1. The molecule has 1 fully saturated rings. The molecule has 146 valence electrons. The Morgan fingerprint density at radius 3 is 2.79 bits per heavy atom. The van der Waals surface area contributed by atoms with E-state index in [-0.39, 0.29) is 44.7 Å². The van der Waals surface area contributed by atoms with Crippen molar-refractivity contribution in [2.75, 3.05) is 20.1 Å². The lowest BCUT2D eigenvalue weighted by atomic mass is 9.85. The third-order valence-corrected chi connectivity index (χ3v) is 5.52. The highest BCUT2D eigenvalue weighted by molar-refractivity contribution is 6.33. The maximum Gasteiger partial charge on any atom is 0.197 e. The van der Waals surface area contributed by atoms with Gasteiger partial charge in [-0.25, -0.2) is 0 Å². The van der Waals surface area contributed by atoms with Crippen LogP contribution in [0.2, 0.25) is 5.02 Å². The van der Waals surface area contributed by atoms with Crippen LogP contribution in [0.5, 0.6) is 11.5 Å². The average Bonchev–Trinajstić information content (AvgIpc) is 2.62. The van der Waals surface area contributed by atoms with E-state index in [1.54, 1.807) is 12.1 Å². The van der Waals surface area contributed by atoms with Gasteiger partial charge in [0.15, 0.2) is 5.43 Å². The van der Waals surface area contributed by atoms with Gasteiger partial charge >= 0.3 is 0 Å². The molecular weight excluding hydrogens is 382 g/mol. The first kappa shape index (κ1) is 17.6. The SMILES string of the molecule is [2H]c1cccc(Cl)c1-c1cc(=O)c2c(O)cc(O)c(C3CCN(C)CC3O)c2o1. The van der Waals surface area contributed by atoms with Crippen molar-refractivity contribution >= 4 is 22.6 Å². The van der Waals surface area contributed by atoms with Gasteiger partial charge in [-0.05, 0) is 32.1 Å². The number of aromatic hydroxyl groups is 2. The molecule has 0 bridgehead atoms. The lowest BCUT2D eigenvalue weighted by Gasteiger charge is -2.34. The third kappa shape index (κ3) is 3.13. The largest absolute Gasteiger partial charge is 0.507 e. The number of rotatable bonds is 2. The second-order valence-corrected chi connectivity index (χ2v) is 7.53. The van der Waals surface area contributed by atoms with E-state index in [1.807, 2.05) is 11.9 Å². The normalized spacial score (nSPS) is 21.0. The summed E-state index contributed by atoms with van der Waals surface area (Å²) in [7, 11) is 1.89. The molecule has 1 aliphatic rings. The van der Waals surface area contributed by atoms with Crippen molar-refractivity contribution in [2.45, 2.75) is 18.4 Å². The van der Waals surface area contributed by atoms with Gasteiger partial charge in [-0.1, -0.05) is 23.7 Å². The highest BCUT2D eigenvalue weighted by Gasteiger charge is 2.33. The molecule has 1 aromatic heterocycles. The first-order valence-electron chi connectivity index (χ1n) is 9.42. The molecule has 6 nitrogen and oxygen atoms in total. The first-order chi connectivity index (χ1) is 13.8. The molecule has 28 heavy (non-hydrogen) atoms. The van der Waals surface area contributed by atoms with Gasteiger partial charge in [0.05, 0.1) is 12.5 Å². The Hall–Kier alpha value is -2.54.